The smallest absolute Gasteiger partial charge is 0.232 e. The molecular formula is C17H15N5O2S. The molecule has 4 rings (SSSR count). The van der Waals surface area contributed by atoms with Crippen LogP contribution in [0.5, 0.6) is 0 Å². The quantitative estimate of drug-likeness (QED) is 0.728. The van der Waals surface area contributed by atoms with Gasteiger partial charge in [-0.25, -0.2) is 4.98 Å². The summed E-state index contributed by atoms with van der Waals surface area (Å²) in [6, 6.07) is 5.87. The van der Waals surface area contributed by atoms with Gasteiger partial charge in [0.25, 0.3) is 0 Å². The largest absolute Gasteiger partial charge is 0.361 e. The van der Waals surface area contributed by atoms with E-state index in [4.69, 9.17) is 9.78 Å². The van der Waals surface area contributed by atoms with Crippen molar-refractivity contribution in [2.45, 2.75) is 13.8 Å². The molecule has 1 amide bonds. The molecule has 8 heteroatoms. The standard InChI is InChI=1S/C17H15N5O2S/c1-9-14(10(2)24-21-9)12-4-3-5-13-15(12)25-17(19-13)20-16(23)11-6-22(7-11)8-18/h3-5,11H,6-7H2,1-2H3,(H,19,20,23). The number of benzene rings is 1. The van der Waals surface area contributed by atoms with Crippen molar-refractivity contribution in [3.63, 3.8) is 0 Å². The summed E-state index contributed by atoms with van der Waals surface area (Å²) in [6.07, 6.45) is 2.03. The second-order valence-electron chi connectivity index (χ2n) is 6.06. The summed E-state index contributed by atoms with van der Waals surface area (Å²) < 4.78 is 6.26. The van der Waals surface area contributed by atoms with Crippen LogP contribution in [-0.4, -0.2) is 34.0 Å². The van der Waals surface area contributed by atoms with Crippen molar-refractivity contribution in [3.8, 4) is 17.3 Å². The Labute approximate surface area is 147 Å². The number of aryl methyl sites for hydroxylation is 2. The van der Waals surface area contributed by atoms with E-state index in [9.17, 15) is 4.79 Å². The molecule has 0 aliphatic carbocycles. The van der Waals surface area contributed by atoms with Gasteiger partial charge in [0.1, 0.15) is 5.76 Å². The van der Waals surface area contributed by atoms with Gasteiger partial charge in [0.2, 0.25) is 5.91 Å². The molecule has 3 heterocycles. The highest BCUT2D eigenvalue weighted by atomic mass is 32.1. The molecule has 1 aromatic carbocycles. The SMILES string of the molecule is Cc1noc(C)c1-c1cccc2nc(NC(=O)C3CN(C#N)C3)sc12. The summed E-state index contributed by atoms with van der Waals surface area (Å²) in [5, 5.41) is 16.2. The third-order valence-electron chi connectivity index (χ3n) is 4.34. The van der Waals surface area contributed by atoms with Gasteiger partial charge < -0.3 is 14.7 Å². The summed E-state index contributed by atoms with van der Waals surface area (Å²) in [5.41, 5.74) is 3.63. The Morgan fingerprint density at radius 3 is 2.92 bits per heavy atom. The lowest BCUT2D eigenvalue weighted by atomic mass is 10.0. The molecule has 7 nitrogen and oxygen atoms in total. The molecule has 1 saturated heterocycles. The van der Waals surface area contributed by atoms with Crippen molar-refractivity contribution in [2.75, 3.05) is 18.4 Å². The molecule has 0 radical (unpaired) electrons. The van der Waals surface area contributed by atoms with Crippen molar-refractivity contribution in [1.29, 1.82) is 5.26 Å². The molecule has 0 atom stereocenters. The Morgan fingerprint density at radius 1 is 1.44 bits per heavy atom. The molecule has 0 spiro atoms. The Kier molecular flexibility index (Phi) is 3.66. The first kappa shape index (κ1) is 15.6. The minimum Gasteiger partial charge on any atom is -0.361 e. The Hall–Kier alpha value is -2.92. The van der Waals surface area contributed by atoms with Gasteiger partial charge in [-0.3, -0.25) is 4.79 Å². The molecule has 1 N–H and O–H groups in total. The molecule has 3 aromatic rings. The van der Waals surface area contributed by atoms with Crippen molar-refractivity contribution in [2.24, 2.45) is 5.92 Å². The lowest BCUT2D eigenvalue weighted by Gasteiger charge is -2.33. The number of nitrogens with zero attached hydrogens (tertiary/aromatic N) is 4. The van der Waals surface area contributed by atoms with Crippen LogP contribution in [0.1, 0.15) is 11.5 Å². The normalized spacial score (nSPS) is 14.4. The number of hydrogen-bond donors (Lipinski definition) is 1. The monoisotopic (exact) mass is 353 g/mol. The highest BCUT2D eigenvalue weighted by Gasteiger charge is 2.32. The first-order valence-corrected chi connectivity index (χ1v) is 8.67. The van der Waals surface area contributed by atoms with Crippen LogP contribution >= 0.6 is 11.3 Å². The van der Waals surface area contributed by atoms with Crippen molar-refractivity contribution >= 4 is 32.6 Å². The van der Waals surface area contributed by atoms with E-state index in [1.165, 1.54) is 11.3 Å². The van der Waals surface area contributed by atoms with Gasteiger partial charge in [-0.2, -0.15) is 5.26 Å². The van der Waals surface area contributed by atoms with Crippen LogP contribution < -0.4 is 5.32 Å². The van der Waals surface area contributed by atoms with E-state index in [2.05, 4.69) is 15.5 Å². The van der Waals surface area contributed by atoms with E-state index in [1.807, 2.05) is 38.2 Å². The molecule has 2 aromatic heterocycles. The van der Waals surface area contributed by atoms with E-state index >= 15 is 0 Å². The fourth-order valence-electron chi connectivity index (χ4n) is 3.00. The first-order valence-electron chi connectivity index (χ1n) is 7.85. The number of rotatable bonds is 3. The van der Waals surface area contributed by atoms with Crippen LogP contribution in [0.4, 0.5) is 5.13 Å². The lowest BCUT2D eigenvalue weighted by Crippen LogP contribution is -2.49. The van der Waals surface area contributed by atoms with Crippen molar-refractivity contribution < 1.29 is 9.32 Å². The molecule has 1 aliphatic heterocycles. The first-order chi connectivity index (χ1) is 12.1. The van der Waals surface area contributed by atoms with Crippen LogP contribution in [0.15, 0.2) is 22.7 Å². The molecule has 1 aliphatic rings. The van der Waals surface area contributed by atoms with Gasteiger partial charge in [-0.1, -0.05) is 28.6 Å². The Morgan fingerprint density at radius 2 is 2.24 bits per heavy atom. The van der Waals surface area contributed by atoms with E-state index < -0.39 is 0 Å². The fourth-order valence-corrected chi connectivity index (χ4v) is 3.99. The lowest BCUT2D eigenvalue weighted by molar-refractivity contribution is -0.123. The number of aromatic nitrogens is 2. The summed E-state index contributed by atoms with van der Waals surface area (Å²) >= 11 is 1.44. The Bertz CT molecular complexity index is 990. The summed E-state index contributed by atoms with van der Waals surface area (Å²) in [4.78, 5) is 18.3. The van der Waals surface area contributed by atoms with E-state index in [-0.39, 0.29) is 11.8 Å². The number of hydrogen-bond acceptors (Lipinski definition) is 7. The zero-order chi connectivity index (χ0) is 17.6. The third-order valence-corrected chi connectivity index (χ3v) is 5.36. The maximum absolute atomic E-state index is 12.2. The number of anilines is 1. The number of likely N-dealkylation sites (tertiary alicyclic amines) is 1. The highest BCUT2D eigenvalue weighted by Crippen LogP contribution is 2.37. The predicted molar refractivity (Wildman–Crippen MR) is 93.9 cm³/mol. The van der Waals surface area contributed by atoms with Crippen molar-refractivity contribution in [3.05, 3.63) is 29.7 Å². The summed E-state index contributed by atoms with van der Waals surface area (Å²) in [6.45, 7) is 4.73. The van der Waals surface area contributed by atoms with Crippen LogP contribution in [0, 0.1) is 31.2 Å². The van der Waals surface area contributed by atoms with Crippen LogP contribution in [0.25, 0.3) is 21.3 Å². The Balaban J connectivity index is 1.64. The second-order valence-corrected chi connectivity index (χ2v) is 7.06. The zero-order valence-electron chi connectivity index (χ0n) is 13.7. The molecule has 25 heavy (non-hydrogen) atoms. The number of amides is 1. The van der Waals surface area contributed by atoms with E-state index in [0.717, 1.165) is 32.8 Å². The maximum Gasteiger partial charge on any atom is 0.232 e. The predicted octanol–water partition coefficient (Wildman–Crippen LogP) is 2.92. The van der Waals surface area contributed by atoms with E-state index in [0.29, 0.717) is 18.2 Å². The molecule has 1 fully saturated rings. The molecule has 0 unspecified atom stereocenters. The zero-order valence-corrected chi connectivity index (χ0v) is 14.6. The summed E-state index contributed by atoms with van der Waals surface area (Å²) in [7, 11) is 0. The van der Waals surface area contributed by atoms with Crippen LogP contribution in [-0.2, 0) is 4.79 Å². The number of nitriles is 1. The fraction of sp³-hybridized carbons (Fsp3) is 0.294. The number of nitrogens with one attached hydrogen (secondary N) is 1. The average Bonchev–Trinajstić information content (AvgIpc) is 3.09. The minimum absolute atomic E-state index is 0.0931. The second kappa shape index (κ2) is 5.86. The molecular weight excluding hydrogens is 338 g/mol. The maximum atomic E-state index is 12.2. The molecule has 126 valence electrons. The number of fused-ring (bicyclic) bond motifs is 1. The van der Waals surface area contributed by atoms with E-state index in [1.54, 1.807) is 4.90 Å². The number of thiazole rings is 1. The highest BCUT2D eigenvalue weighted by molar-refractivity contribution is 7.22. The summed E-state index contributed by atoms with van der Waals surface area (Å²) in [5.74, 6) is 0.508. The number of carbonyl (C=O) groups is 1. The van der Waals surface area contributed by atoms with Crippen LogP contribution in [0.3, 0.4) is 0 Å². The van der Waals surface area contributed by atoms with Gasteiger partial charge >= 0.3 is 0 Å². The number of carbonyl (C=O) groups excluding carboxylic acids is 1. The minimum atomic E-state index is -0.159. The topological polar surface area (TPSA) is 95.1 Å². The molecule has 0 saturated carbocycles. The molecule has 0 bridgehead atoms. The van der Waals surface area contributed by atoms with Gasteiger partial charge in [-0.05, 0) is 19.9 Å². The average molecular weight is 353 g/mol. The van der Waals surface area contributed by atoms with Crippen LogP contribution in [0.2, 0.25) is 0 Å². The third kappa shape index (κ3) is 2.62. The van der Waals surface area contributed by atoms with Crippen molar-refractivity contribution in [1.82, 2.24) is 15.0 Å². The van der Waals surface area contributed by atoms with Gasteiger partial charge in [0.05, 0.1) is 21.8 Å². The van der Waals surface area contributed by atoms with Gasteiger partial charge in [0.15, 0.2) is 11.3 Å². The van der Waals surface area contributed by atoms with Gasteiger partial charge in [0, 0.05) is 24.2 Å². The van der Waals surface area contributed by atoms with Gasteiger partial charge in [-0.15, -0.1) is 0 Å².